The summed E-state index contributed by atoms with van der Waals surface area (Å²) in [4.78, 5) is 3.68. The van der Waals surface area contributed by atoms with Gasteiger partial charge in [-0.2, -0.15) is 0 Å². The van der Waals surface area contributed by atoms with E-state index in [1.807, 2.05) is 25.1 Å². The molecule has 1 fully saturated rings. The summed E-state index contributed by atoms with van der Waals surface area (Å²) in [7, 11) is 0. The molecule has 1 aromatic rings. The number of benzene rings is 1. The fraction of sp³-hybridized carbons (Fsp3) is 0.500. The Morgan fingerprint density at radius 2 is 1.86 bits per heavy atom. The van der Waals surface area contributed by atoms with Crippen LogP contribution in [-0.4, -0.2) is 47.6 Å². The molecule has 1 saturated carbocycles. The molecule has 0 heterocycles. The second kappa shape index (κ2) is 11.1. The molecule has 2 atom stereocenters. The van der Waals surface area contributed by atoms with Crippen molar-refractivity contribution in [1.82, 2.24) is 10.6 Å². The lowest BCUT2D eigenvalue weighted by molar-refractivity contribution is 0.104. The van der Waals surface area contributed by atoms with Crippen LogP contribution in [0, 0.1) is 0 Å². The molecule has 0 spiro atoms. The van der Waals surface area contributed by atoms with Crippen LogP contribution in [0.4, 0.5) is 0 Å². The van der Waals surface area contributed by atoms with Crippen molar-refractivity contribution in [3.63, 3.8) is 0 Å². The van der Waals surface area contributed by atoms with Crippen LogP contribution in [0.3, 0.4) is 0 Å². The minimum atomic E-state index is -1.31. The first-order valence-electron chi connectivity index (χ1n) is 9.93. The van der Waals surface area contributed by atoms with Crippen LogP contribution < -0.4 is 10.6 Å². The molecule has 0 radical (unpaired) electrons. The zero-order valence-electron chi connectivity index (χ0n) is 16.6. The lowest BCUT2D eigenvalue weighted by Gasteiger charge is -2.30. The summed E-state index contributed by atoms with van der Waals surface area (Å²) in [5, 5.41) is 36.4. The highest BCUT2D eigenvalue weighted by molar-refractivity contribution is 5.31. The number of hydrogen-bond donors (Lipinski definition) is 5. The third-order valence-electron chi connectivity index (χ3n) is 5.50. The third-order valence-corrected chi connectivity index (χ3v) is 5.50. The van der Waals surface area contributed by atoms with Gasteiger partial charge < -0.3 is 15.3 Å². The molecule has 6 heteroatoms. The lowest BCUT2D eigenvalue weighted by atomic mass is 9.76. The minimum absolute atomic E-state index is 0.0804. The van der Waals surface area contributed by atoms with Crippen molar-refractivity contribution >= 4 is 6.72 Å². The highest BCUT2D eigenvalue weighted by Gasteiger charge is 2.35. The summed E-state index contributed by atoms with van der Waals surface area (Å²) in [5.41, 5.74) is 1.36. The van der Waals surface area contributed by atoms with E-state index in [0.29, 0.717) is 13.1 Å². The van der Waals surface area contributed by atoms with Crippen molar-refractivity contribution in [1.29, 1.82) is 0 Å². The average molecular weight is 388 g/mol. The van der Waals surface area contributed by atoms with E-state index in [4.69, 9.17) is 0 Å². The first-order chi connectivity index (χ1) is 13.5. The predicted molar refractivity (Wildman–Crippen MR) is 113 cm³/mol. The number of allylic oxidation sites excluding steroid dienone is 1. The SMILES string of the molecule is C=N/C(=C(/O)C(O)NCCC1(c2ccccc2)CCCC1)C(O)NC/C=C/C. The highest BCUT2D eigenvalue weighted by atomic mass is 16.3. The number of aliphatic imine (C=N–C) groups is 1. The van der Waals surface area contributed by atoms with Crippen molar-refractivity contribution in [2.45, 2.75) is 56.9 Å². The van der Waals surface area contributed by atoms with E-state index in [9.17, 15) is 15.3 Å². The number of nitrogens with one attached hydrogen (secondary N) is 2. The average Bonchev–Trinajstić information content (AvgIpc) is 3.19. The van der Waals surface area contributed by atoms with E-state index in [1.54, 1.807) is 0 Å². The quantitative estimate of drug-likeness (QED) is 0.174. The zero-order valence-corrected chi connectivity index (χ0v) is 16.6. The summed E-state index contributed by atoms with van der Waals surface area (Å²) in [5.74, 6) is -0.421. The fourth-order valence-corrected chi connectivity index (χ4v) is 3.91. The normalized spacial score (nSPS) is 19.4. The van der Waals surface area contributed by atoms with Gasteiger partial charge in [-0.25, -0.2) is 0 Å². The van der Waals surface area contributed by atoms with Gasteiger partial charge in [0.15, 0.2) is 18.2 Å². The molecule has 2 unspecified atom stereocenters. The first kappa shape index (κ1) is 22.3. The van der Waals surface area contributed by atoms with E-state index in [1.165, 1.54) is 18.4 Å². The molecule has 28 heavy (non-hydrogen) atoms. The van der Waals surface area contributed by atoms with Crippen molar-refractivity contribution in [3.05, 3.63) is 59.5 Å². The van der Waals surface area contributed by atoms with Crippen LogP contribution in [0.2, 0.25) is 0 Å². The molecule has 0 aromatic heterocycles. The summed E-state index contributed by atoms with van der Waals surface area (Å²) >= 11 is 0. The van der Waals surface area contributed by atoms with Crippen LogP contribution in [0.1, 0.15) is 44.6 Å². The predicted octanol–water partition coefficient (Wildman–Crippen LogP) is 2.75. The summed E-state index contributed by atoms with van der Waals surface area (Å²) in [6.45, 7) is 6.20. The molecule has 1 aromatic carbocycles. The fourth-order valence-electron chi connectivity index (χ4n) is 3.91. The largest absolute Gasteiger partial charge is 0.506 e. The van der Waals surface area contributed by atoms with Gasteiger partial charge in [0.05, 0.1) is 0 Å². The van der Waals surface area contributed by atoms with Gasteiger partial charge in [0.1, 0.15) is 5.70 Å². The van der Waals surface area contributed by atoms with Crippen LogP contribution in [0.5, 0.6) is 0 Å². The smallest absolute Gasteiger partial charge is 0.165 e. The first-order valence-corrected chi connectivity index (χ1v) is 9.93. The molecule has 0 amide bonds. The molecule has 2 rings (SSSR count). The second-order valence-corrected chi connectivity index (χ2v) is 7.27. The highest BCUT2D eigenvalue weighted by Crippen LogP contribution is 2.43. The summed E-state index contributed by atoms with van der Waals surface area (Å²) in [6, 6.07) is 10.5. The van der Waals surface area contributed by atoms with Gasteiger partial charge in [-0.05, 0) is 50.4 Å². The molecule has 0 bridgehead atoms. The number of aliphatic hydroxyl groups is 3. The molecule has 5 N–H and O–H groups in total. The maximum absolute atomic E-state index is 10.3. The Morgan fingerprint density at radius 1 is 1.18 bits per heavy atom. The molecule has 154 valence electrons. The second-order valence-electron chi connectivity index (χ2n) is 7.27. The summed E-state index contributed by atoms with van der Waals surface area (Å²) in [6.07, 6.45) is 6.66. The van der Waals surface area contributed by atoms with Gasteiger partial charge >= 0.3 is 0 Å². The Morgan fingerprint density at radius 3 is 2.46 bits per heavy atom. The van der Waals surface area contributed by atoms with E-state index in [0.717, 1.165) is 19.3 Å². The van der Waals surface area contributed by atoms with Crippen LogP contribution >= 0.6 is 0 Å². The maximum Gasteiger partial charge on any atom is 0.165 e. The van der Waals surface area contributed by atoms with Gasteiger partial charge in [0.2, 0.25) is 0 Å². The Labute approximate surface area is 167 Å². The lowest BCUT2D eigenvalue weighted by Crippen LogP contribution is -2.38. The van der Waals surface area contributed by atoms with Gasteiger partial charge in [0.25, 0.3) is 0 Å². The minimum Gasteiger partial charge on any atom is -0.506 e. The molecular formula is C22H33N3O3. The van der Waals surface area contributed by atoms with Gasteiger partial charge in [-0.15, -0.1) is 0 Å². The number of aliphatic hydroxyl groups excluding tert-OH is 3. The number of nitrogens with zero attached hydrogens (tertiary/aromatic N) is 1. The Kier molecular flexibility index (Phi) is 8.86. The maximum atomic E-state index is 10.3. The number of hydrogen-bond acceptors (Lipinski definition) is 6. The van der Waals surface area contributed by atoms with Crippen molar-refractivity contribution in [3.8, 4) is 0 Å². The van der Waals surface area contributed by atoms with Crippen molar-refractivity contribution in [2.75, 3.05) is 13.1 Å². The zero-order chi connectivity index (χ0) is 20.4. The molecule has 0 saturated heterocycles. The molecule has 1 aliphatic carbocycles. The van der Waals surface area contributed by atoms with Gasteiger partial charge in [-0.3, -0.25) is 15.6 Å². The monoisotopic (exact) mass is 387 g/mol. The van der Waals surface area contributed by atoms with Crippen molar-refractivity contribution < 1.29 is 15.3 Å². The molecule has 0 aliphatic heterocycles. The standard InChI is InChI=1S/C22H33N3O3/c1-3-4-15-24-20(27)18(23-2)19(26)21(28)25-16-14-22(12-8-9-13-22)17-10-6-5-7-11-17/h3-7,10-11,20-21,24-28H,2,8-9,12-16H2,1H3/b4-3+,19-18+. The Hall–Kier alpha value is -1.99. The van der Waals surface area contributed by atoms with Gasteiger partial charge in [-0.1, -0.05) is 55.3 Å². The number of rotatable bonds is 11. The van der Waals surface area contributed by atoms with Crippen LogP contribution in [-0.2, 0) is 5.41 Å². The Bertz CT molecular complexity index is 667. The topological polar surface area (TPSA) is 97.1 Å². The van der Waals surface area contributed by atoms with Crippen LogP contribution in [0.25, 0.3) is 0 Å². The molecule has 6 nitrogen and oxygen atoms in total. The Balaban J connectivity index is 1.97. The van der Waals surface area contributed by atoms with Crippen LogP contribution in [0.15, 0.2) is 58.9 Å². The van der Waals surface area contributed by atoms with Gasteiger partial charge in [0, 0.05) is 6.54 Å². The van der Waals surface area contributed by atoms with E-state index in [-0.39, 0.29) is 11.1 Å². The third kappa shape index (κ3) is 5.75. The molecule has 1 aliphatic rings. The van der Waals surface area contributed by atoms with E-state index < -0.39 is 18.2 Å². The van der Waals surface area contributed by atoms with E-state index >= 15 is 0 Å². The van der Waals surface area contributed by atoms with Crippen molar-refractivity contribution in [2.24, 2.45) is 4.99 Å². The van der Waals surface area contributed by atoms with E-state index in [2.05, 4.69) is 46.6 Å². The molecular weight excluding hydrogens is 354 g/mol. The summed E-state index contributed by atoms with van der Waals surface area (Å²) < 4.78 is 0.